The number of carbonyl (C=O) groups excluding carboxylic acids is 3. The Balaban J connectivity index is 1.44. The minimum atomic E-state index is -1.11. The maximum absolute atomic E-state index is 14.3. The minimum Gasteiger partial charge on any atom is -0.446 e. The summed E-state index contributed by atoms with van der Waals surface area (Å²) in [6.45, 7) is 1.98. The average molecular weight is 490 g/mol. The molecular weight excluding hydrogens is 472 g/mol. The molecule has 0 saturated heterocycles. The van der Waals surface area contributed by atoms with Crippen LogP contribution in [-0.4, -0.2) is 37.6 Å². The minimum absolute atomic E-state index is 0.0983. The van der Waals surface area contributed by atoms with Crippen molar-refractivity contribution in [2.45, 2.75) is 44.8 Å². The molecule has 9 nitrogen and oxygen atoms in total. The van der Waals surface area contributed by atoms with Gasteiger partial charge in [0, 0.05) is 18.4 Å². The number of benzene rings is 1. The number of esters is 1. The lowest BCUT2D eigenvalue weighted by molar-refractivity contribution is -0.146. The largest absolute Gasteiger partial charge is 0.446 e. The molecule has 2 aliphatic rings. The zero-order chi connectivity index (χ0) is 24.2. The molecule has 1 fully saturated rings. The predicted molar refractivity (Wildman–Crippen MR) is 115 cm³/mol. The number of halogens is 3. The Kier molecular flexibility index (Phi) is 5.23. The normalized spacial score (nSPS) is 15.6. The van der Waals surface area contributed by atoms with Gasteiger partial charge in [-0.1, -0.05) is 16.8 Å². The molecule has 1 saturated carbocycles. The van der Waals surface area contributed by atoms with Gasteiger partial charge in [0.15, 0.2) is 11.4 Å². The van der Waals surface area contributed by atoms with E-state index in [9.17, 15) is 23.2 Å². The quantitative estimate of drug-likeness (QED) is 0.237. The Hall–Kier alpha value is -3.60. The van der Waals surface area contributed by atoms with Gasteiger partial charge < -0.3 is 14.6 Å². The Labute approximate surface area is 196 Å². The van der Waals surface area contributed by atoms with E-state index in [-0.39, 0.29) is 22.5 Å². The molecule has 0 spiro atoms. The lowest BCUT2D eigenvalue weighted by Gasteiger charge is -2.13. The summed E-state index contributed by atoms with van der Waals surface area (Å²) in [6.07, 6.45) is 3.68. The first-order valence-corrected chi connectivity index (χ1v) is 10.9. The highest BCUT2D eigenvalue weighted by Crippen LogP contribution is 2.48. The van der Waals surface area contributed by atoms with Gasteiger partial charge in [0.25, 0.3) is 11.7 Å². The van der Waals surface area contributed by atoms with E-state index in [1.165, 1.54) is 6.20 Å². The van der Waals surface area contributed by atoms with Crippen LogP contribution in [0.25, 0.3) is 0 Å². The van der Waals surface area contributed by atoms with Gasteiger partial charge in [-0.15, -0.1) is 5.10 Å². The van der Waals surface area contributed by atoms with Crippen LogP contribution in [0.2, 0.25) is 5.02 Å². The van der Waals surface area contributed by atoms with E-state index < -0.39 is 39.9 Å². The third-order valence-electron chi connectivity index (χ3n) is 6.20. The van der Waals surface area contributed by atoms with Crippen molar-refractivity contribution in [3.05, 3.63) is 63.2 Å². The van der Waals surface area contributed by atoms with Crippen LogP contribution in [0.5, 0.6) is 0 Å². The second-order valence-corrected chi connectivity index (χ2v) is 8.68. The Morgan fingerprint density at radius 3 is 2.71 bits per heavy atom. The monoisotopic (exact) mass is 489 g/mol. The highest BCUT2D eigenvalue weighted by molar-refractivity contribution is 6.41. The molecule has 0 atom stereocenters. The fourth-order valence-electron chi connectivity index (χ4n) is 4.39. The molecule has 1 amide bonds. The van der Waals surface area contributed by atoms with Crippen LogP contribution in [-0.2, 0) is 28.1 Å². The molecule has 0 bridgehead atoms. The number of ether oxygens (including phenoxy) is 1. The van der Waals surface area contributed by atoms with E-state index >= 15 is 0 Å². The fraction of sp³-hybridized carbons (Fsp3) is 0.318. The topological polar surface area (TPSA) is 119 Å². The van der Waals surface area contributed by atoms with E-state index in [0.29, 0.717) is 43.6 Å². The molecule has 176 valence electrons. The van der Waals surface area contributed by atoms with Crippen LogP contribution in [0.3, 0.4) is 0 Å². The summed E-state index contributed by atoms with van der Waals surface area (Å²) in [5.74, 6) is -4.69. The van der Waals surface area contributed by atoms with Crippen molar-refractivity contribution in [2.75, 3.05) is 5.32 Å². The molecule has 1 aliphatic heterocycles. The predicted octanol–water partition coefficient (Wildman–Crippen LogP) is 3.46. The third-order valence-corrected chi connectivity index (χ3v) is 6.54. The molecule has 1 aromatic carbocycles. The Morgan fingerprint density at radius 2 is 2.03 bits per heavy atom. The molecular formula is C22H18ClF2N5O4. The van der Waals surface area contributed by atoms with Crippen molar-refractivity contribution < 1.29 is 27.9 Å². The molecule has 2 N–H and O–H groups in total. The van der Waals surface area contributed by atoms with Crippen LogP contribution >= 0.6 is 11.6 Å². The van der Waals surface area contributed by atoms with Crippen molar-refractivity contribution >= 4 is 34.9 Å². The van der Waals surface area contributed by atoms with E-state index in [1.807, 2.05) is 0 Å². The third kappa shape index (κ3) is 3.47. The van der Waals surface area contributed by atoms with Crippen LogP contribution < -0.4 is 5.32 Å². The summed E-state index contributed by atoms with van der Waals surface area (Å²) in [5.41, 5.74) is 0.174. The molecule has 34 heavy (non-hydrogen) atoms. The number of fused-ring (bicyclic) bond motifs is 1. The van der Waals surface area contributed by atoms with Crippen LogP contribution in [0.1, 0.15) is 57.1 Å². The molecule has 5 rings (SSSR count). The summed E-state index contributed by atoms with van der Waals surface area (Å²) in [5, 5.41) is 11.7. The number of carbonyl (C=O) groups is 3. The van der Waals surface area contributed by atoms with Gasteiger partial charge in [0.05, 0.1) is 11.3 Å². The van der Waals surface area contributed by atoms with Gasteiger partial charge in [0.1, 0.15) is 22.2 Å². The molecule has 3 heterocycles. The van der Waals surface area contributed by atoms with Crippen LogP contribution in [0.15, 0.2) is 18.3 Å². The number of rotatable bonds is 6. The van der Waals surface area contributed by atoms with Crippen molar-refractivity contribution in [2.24, 2.45) is 0 Å². The van der Waals surface area contributed by atoms with E-state index in [1.54, 1.807) is 11.5 Å². The number of Topliss-reactive ketones (excluding diaryl/α,β-unsaturated/α-hetero) is 1. The summed E-state index contributed by atoms with van der Waals surface area (Å²) in [4.78, 5) is 39.0. The lowest BCUT2D eigenvalue weighted by Crippen LogP contribution is -2.26. The first kappa shape index (κ1) is 22.2. The van der Waals surface area contributed by atoms with Gasteiger partial charge in [-0.05, 0) is 50.3 Å². The summed E-state index contributed by atoms with van der Waals surface area (Å²) >= 11 is 5.60. The van der Waals surface area contributed by atoms with Gasteiger partial charge >= 0.3 is 5.97 Å². The van der Waals surface area contributed by atoms with E-state index in [4.69, 9.17) is 16.3 Å². The highest BCUT2D eigenvalue weighted by atomic mass is 35.5. The second-order valence-electron chi connectivity index (χ2n) is 8.30. The molecule has 1 aliphatic carbocycles. The first-order valence-electron chi connectivity index (χ1n) is 10.5. The standard InChI is InChI=1S/C22H18ClF2N5O4/c1-10-15(19(31)21(33)34-22(6-7-22)14-9-26-29-28-14)13-3-2-8-30(13)18(10)20(32)27-12-5-4-11(24)16(23)17(12)25/h4-5,9H,2-3,6-8H2,1H3,(H,27,32)(H,26,28,29). The number of hydrogen-bond donors (Lipinski definition) is 2. The molecule has 3 aromatic rings. The maximum atomic E-state index is 14.3. The number of amides is 1. The average Bonchev–Trinajstić information content (AvgIpc) is 3.16. The molecule has 0 unspecified atom stereocenters. The number of aromatic amines is 1. The van der Waals surface area contributed by atoms with E-state index in [0.717, 1.165) is 12.1 Å². The number of H-pyrrole nitrogens is 1. The zero-order valence-electron chi connectivity index (χ0n) is 17.9. The first-order chi connectivity index (χ1) is 16.2. The molecule has 2 aromatic heterocycles. The Bertz CT molecular complexity index is 1350. The van der Waals surface area contributed by atoms with E-state index in [2.05, 4.69) is 20.7 Å². The van der Waals surface area contributed by atoms with Crippen molar-refractivity contribution in [1.82, 2.24) is 20.0 Å². The van der Waals surface area contributed by atoms with Crippen molar-refractivity contribution in [1.29, 1.82) is 0 Å². The number of aromatic nitrogens is 4. The highest BCUT2D eigenvalue weighted by Gasteiger charge is 2.52. The second kappa shape index (κ2) is 8.01. The smallest absolute Gasteiger partial charge is 0.380 e. The van der Waals surface area contributed by atoms with Crippen molar-refractivity contribution in [3.63, 3.8) is 0 Å². The summed E-state index contributed by atoms with van der Waals surface area (Å²) in [6, 6.07) is 1.99. The van der Waals surface area contributed by atoms with Gasteiger partial charge in [-0.2, -0.15) is 0 Å². The molecule has 12 heteroatoms. The van der Waals surface area contributed by atoms with Gasteiger partial charge in [-0.3, -0.25) is 14.7 Å². The fourth-order valence-corrected chi connectivity index (χ4v) is 4.56. The van der Waals surface area contributed by atoms with Crippen LogP contribution in [0, 0.1) is 18.6 Å². The van der Waals surface area contributed by atoms with Crippen LogP contribution in [0.4, 0.5) is 14.5 Å². The number of hydrogen-bond acceptors (Lipinski definition) is 6. The number of nitrogens with one attached hydrogen (secondary N) is 2. The zero-order valence-corrected chi connectivity index (χ0v) is 18.6. The van der Waals surface area contributed by atoms with Crippen molar-refractivity contribution in [3.8, 4) is 0 Å². The summed E-state index contributed by atoms with van der Waals surface area (Å²) < 4.78 is 34.9. The number of ketones is 1. The SMILES string of the molecule is Cc1c(C(=O)C(=O)OC2(c3c[nH]nn3)CC2)c2n(c1C(=O)Nc1ccc(F)c(Cl)c1F)CCC2. The number of anilines is 1. The lowest BCUT2D eigenvalue weighted by atomic mass is 10.0. The number of nitrogens with zero attached hydrogens (tertiary/aromatic N) is 3. The van der Waals surface area contributed by atoms with Gasteiger partial charge in [0.2, 0.25) is 0 Å². The maximum Gasteiger partial charge on any atom is 0.380 e. The Morgan fingerprint density at radius 1 is 1.26 bits per heavy atom. The van der Waals surface area contributed by atoms with Gasteiger partial charge in [-0.25, -0.2) is 13.6 Å². The summed E-state index contributed by atoms with van der Waals surface area (Å²) in [7, 11) is 0. The molecule has 0 radical (unpaired) electrons.